The molecule has 2 heterocycles. The van der Waals surface area contributed by atoms with Crippen molar-refractivity contribution < 1.29 is 28.5 Å². The Kier molecular flexibility index (Phi) is 8.71. The summed E-state index contributed by atoms with van der Waals surface area (Å²) in [6.07, 6.45) is 0.151. The van der Waals surface area contributed by atoms with Crippen LogP contribution in [0.5, 0.6) is 11.5 Å². The molecule has 1 aliphatic rings. The van der Waals surface area contributed by atoms with Crippen molar-refractivity contribution in [2.75, 3.05) is 41.0 Å². The van der Waals surface area contributed by atoms with Crippen LogP contribution in [0.1, 0.15) is 53.0 Å². The first-order valence-electron chi connectivity index (χ1n) is 11.0. The highest BCUT2D eigenvalue weighted by Crippen LogP contribution is 2.46. The fourth-order valence-electron chi connectivity index (χ4n) is 4.16. The van der Waals surface area contributed by atoms with Crippen LogP contribution in [0, 0.1) is 0 Å². The van der Waals surface area contributed by atoms with E-state index >= 15 is 0 Å². The van der Waals surface area contributed by atoms with Gasteiger partial charge in [-0.2, -0.15) is 0 Å². The number of methoxy groups -OCH3 is 2. The quantitative estimate of drug-likeness (QED) is 0.499. The molecule has 1 aliphatic heterocycles. The Morgan fingerprint density at radius 1 is 1.15 bits per heavy atom. The molecule has 1 aromatic heterocycles. The van der Waals surface area contributed by atoms with Gasteiger partial charge in [-0.25, -0.2) is 0 Å². The maximum Gasteiger partial charge on any atom is 0.254 e. The van der Waals surface area contributed by atoms with Crippen LogP contribution in [0.2, 0.25) is 0 Å². The van der Waals surface area contributed by atoms with Crippen molar-refractivity contribution >= 4 is 23.2 Å². The van der Waals surface area contributed by atoms with Gasteiger partial charge in [-0.15, -0.1) is 11.3 Å². The zero-order valence-electron chi connectivity index (χ0n) is 19.8. The highest BCUT2D eigenvalue weighted by Gasteiger charge is 2.44. The summed E-state index contributed by atoms with van der Waals surface area (Å²) in [5.41, 5.74) is 1.06. The summed E-state index contributed by atoms with van der Waals surface area (Å²) in [5, 5.41) is 4.98. The monoisotopic (exact) mass is 476 g/mol. The lowest BCUT2D eigenvalue weighted by molar-refractivity contribution is -0.140. The van der Waals surface area contributed by atoms with Gasteiger partial charge in [-0.05, 0) is 43.0 Å². The lowest BCUT2D eigenvalue weighted by Gasteiger charge is -2.39. The van der Waals surface area contributed by atoms with Gasteiger partial charge in [0.1, 0.15) is 0 Å². The lowest BCUT2D eigenvalue weighted by Crippen LogP contribution is -2.45. The normalized spacial score (nSPS) is 17.8. The van der Waals surface area contributed by atoms with Gasteiger partial charge in [0.2, 0.25) is 5.91 Å². The number of carbonyl (C=O) groups is 2. The second kappa shape index (κ2) is 11.5. The number of ether oxygens (including phenoxy) is 4. The lowest BCUT2D eigenvalue weighted by atomic mass is 9.81. The van der Waals surface area contributed by atoms with Crippen molar-refractivity contribution in [1.82, 2.24) is 10.2 Å². The van der Waals surface area contributed by atoms with E-state index < -0.39 is 12.0 Å². The van der Waals surface area contributed by atoms with Gasteiger partial charge in [0.25, 0.3) is 5.91 Å². The Bertz CT molecular complexity index is 943. The molecule has 1 N–H and O–H groups in total. The molecule has 0 radical (unpaired) electrons. The number of nitrogens with zero attached hydrogens (tertiary/aromatic N) is 1. The van der Waals surface area contributed by atoms with Crippen LogP contribution in [0.15, 0.2) is 29.6 Å². The molecule has 2 unspecified atom stereocenters. The first kappa shape index (κ1) is 25.0. The Labute approximate surface area is 198 Å². The number of hydrogen-bond donors (Lipinski definition) is 1. The minimum Gasteiger partial charge on any atom is -0.493 e. The topological polar surface area (TPSA) is 86.3 Å². The van der Waals surface area contributed by atoms with Crippen LogP contribution in [-0.2, 0) is 14.3 Å². The van der Waals surface area contributed by atoms with E-state index in [9.17, 15) is 9.59 Å². The molecule has 0 bridgehead atoms. The first-order valence-corrected chi connectivity index (χ1v) is 11.9. The molecule has 3 rings (SSSR count). The number of nitrogens with one attached hydrogen (secondary N) is 1. The van der Waals surface area contributed by atoms with Gasteiger partial charge in [-0.3, -0.25) is 9.59 Å². The maximum absolute atomic E-state index is 13.6. The number of amides is 2. The predicted octanol–water partition coefficient (Wildman–Crippen LogP) is 3.58. The molecule has 2 aromatic rings. The van der Waals surface area contributed by atoms with Crippen molar-refractivity contribution in [3.05, 3.63) is 45.6 Å². The number of hydrogen-bond acceptors (Lipinski definition) is 7. The molecule has 0 spiro atoms. The van der Waals surface area contributed by atoms with Gasteiger partial charge < -0.3 is 29.2 Å². The van der Waals surface area contributed by atoms with E-state index in [1.807, 2.05) is 31.4 Å². The number of rotatable bonds is 11. The largest absolute Gasteiger partial charge is 0.493 e. The van der Waals surface area contributed by atoms with Crippen molar-refractivity contribution in [1.29, 1.82) is 0 Å². The molecule has 8 nitrogen and oxygen atoms in total. The third kappa shape index (κ3) is 5.31. The SMILES string of the molecule is CCOC(CCNC(=O)C1c2cc(OC)c(OC)cc2C(=O)N(C)C1c1cccs1)OCC. The Morgan fingerprint density at radius 3 is 2.39 bits per heavy atom. The van der Waals surface area contributed by atoms with E-state index in [0.29, 0.717) is 48.8 Å². The van der Waals surface area contributed by atoms with E-state index in [0.717, 1.165) is 4.88 Å². The summed E-state index contributed by atoms with van der Waals surface area (Å²) in [6, 6.07) is 6.83. The number of benzene rings is 1. The van der Waals surface area contributed by atoms with Crippen LogP contribution in [-0.4, -0.2) is 64.0 Å². The second-order valence-corrected chi connectivity index (χ2v) is 8.55. The van der Waals surface area contributed by atoms with Gasteiger partial charge in [-0.1, -0.05) is 6.07 Å². The fourth-order valence-corrected chi connectivity index (χ4v) is 5.06. The molecule has 0 saturated carbocycles. The fraction of sp³-hybridized carbons (Fsp3) is 0.500. The predicted molar refractivity (Wildman–Crippen MR) is 126 cm³/mol. The Morgan fingerprint density at radius 2 is 1.82 bits per heavy atom. The van der Waals surface area contributed by atoms with E-state index in [4.69, 9.17) is 18.9 Å². The van der Waals surface area contributed by atoms with E-state index in [2.05, 4.69) is 5.32 Å². The summed E-state index contributed by atoms with van der Waals surface area (Å²) < 4.78 is 22.0. The summed E-state index contributed by atoms with van der Waals surface area (Å²) >= 11 is 1.52. The van der Waals surface area contributed by atoms with E-state index in [-0.39, 0.29) is 18.1 Å². The Hall–Kier alpha value is -2.62. The molecule has 9 heteroatoms. The molecule has 0 aliphatic carbocycles. The van der Waals surface area contributed by atoms with Crippen LogP contribution >= 0.6 is 11.3 Å². The molecule has 2 atom stereocenters. The van der Waals surface area contributed by atoms with Crippen molar-refractivity contribution in [2.24, 2.45) is 0 Å². The summed E-state index contributed by atoms with van der Waals surface area (Å²) in [5.74, 6) is -0.0278. The van der Waals surface area contributed by atoms with Gasteiger partial charge in [0.05, 0.1) is 26.2 Å². The van der Waals surface area contributed by atoms with Crippen LogP contribution in [0.4, 0.5) is 0 Å². The van der Waals surface area contributed by atoms with Gasteiger partial charge >= 0.3 is 0 Å². The molecular formula is C24H32N2O6S. The minimum absolute atomic E-state index is 0.166. The number of carbonyl (C=O) groups excluding carboxylic acids is 2. The zero-order chi connectivity index (χ0) is 24.0. The average molecular weight is 477 g/mol. The van der Waals surface area contributed by atoms with Crippen molar-refractivity contribution in [3.8, 4) is 11.5 Å². The van der Waals surface area contributed by atoms with Crippen LogP contribution in [0.3, 0.4) is 0 Å². The third-order valence-corrected chi connectivity index (χ3v) is 6.62. The average Bonchev–Trinajstić information content (AvgIpc) is 3.35. The first-order chi connectivity index (χ1) is 16.0. The maximum atomic E-state index is 13.6. The molecule has 2 amide bonds. The smallest absolute Gasteiger partial charge is 0.254 e. The molecular weight excluding hydrogens is 444 g/mol. The molecule has 33 heavy (non-hydrogen) atoms. The molecule has 0 fully saturated rings. The highest BCUT2D eigenvalue weighted by atomic mass is 32.1. The van der Waals surface area contributed by atoms with Crippen LogP contribution < -0.4 is 14.8 Å². The standard InChI is InChI=1S/C24H32N2O6S/c1-6-31-20(32-7-2)10-11-25-23(27)21-15-13-17(29-4)18(30-5)14-16(15)24(28)26(3)22(21)19-9-8-12-33-19/h8-9,12-14,20-22H,6-7,10-11H2,1-5H3,(H,25,27). The summed E-state index contributed by atoms with van der Waals surface area (Å²) in [7, 11) is 4.79. The summed E-state index contributed by atoms with van der Waals surface area (Å²) in [4.78, 5) is 29.4. The highest BCUT2D eigenvalue weighted by molar-refractivity contribution is 7.10. The second-order valence-electron chi connectivity index (χ2n) is 7.57. The zero-order valence-corrected chi connectivity index (χ0v) is 20.6. The molecule has 1 aromatic carbocycles. The van der Waals surface area contributed by atoms with Crippen LogP contribution in [0.25, 0.3) is 0 Å². The summed E-state index contributed by atoms with van der Waals surface area (Å²) in [6.45, 7) is 5.26. The van der Waals surface area contributed by atoms with Gasteiger partial charge in [0.15, 0.2) is 17.8 Å². The van der Waals surface area contributed by atoms with Crippen molar-refractivity contribution in [3.63, 3.8) is 0 Å². The molecule has 180 valence electrons. The van der Waals surface area contributed by atoms with E-state index in [1.54, 1.807) is 24.1 Å². The molecule has 0 saturated heterocycles. The number of fused-ring (bicyclic) bond motifs is 1. The third-order valence-electron chi connectivity index (χ3n) is 5.68. The van der Waals surface area contributed by atoms with E-state index in [1.165, 1.54) is 25.6 Å². The minimum atomic E-state index is -0.612. The van der Waals surface area contributed by atoms with Gasteiger partial charge in [0, 0.05) is 43.7 Å². The van der Waals surface area contributed by atoms with Crippen molar-refractivity contribution in [2.45, 2.75) is 38.5 Å². The number of likely N-dealkylation sites (N-methyl/N-ethyl adjacent to an activating group) is 1. The Balaban J connectivity index is 1.95. The number of thiophene rings is 1.